The number of hydrogen-bond donors (Lipinski definition) is 4. The predicted octanol–water partition coefficient (Wildman–Crippen LogP) is -1.93. The molecule has 0 aromatic heterocycles. The molecule has 0 bridgehead atoms. The zero-order valence-electron chi connectivity index (χ0n) is 6.54. The van der Waals surface area contributed by atoms with Crippen molar-refractivity contribution < 1.29 is 23.5 Å². The zero-order valence-corrected chi connectivity index (χ0v) is 7.36. The lowest BCUT2D eigenvalue weighted by Gasteiger charge is -2.20. The molecule has 0 amide bonds. The van der Waals surface area contributed by atoms with E-state index in [-0.39, 0.29) is 6.61 Å². The Hall–Kier alpha value is -0.510. The molecule has 0 fully saturated rings. The third kappa shape index (κ3) is 3.38. The van der Waals surface area contributed by atoms with Gasteiger partial charge < -0.3 is 15.1 Å². The number of rotatable bonds is 3. The Balaban J connectivity index is 2.52. The van der Waals surface area contributed by atoms with Gasteiger partial charge >= 0.3 is 10.2 Å². The smallest absolute Gasteiger partial charge is 0.301 e. The summed E-state index contributed by atoms with van der Waals surface area (Å²) in [4.78, 5) is 1.08. The van der Waals surface area contributed by atoms with E-state index in [0.717, 1.165) is 4.89 Å². The number of nitrogens with one attached hydrogen (secondary N) is 2. The van der Waals surface area contributed by atoms with Crippen LogP contribution in [0.5, 0.6) is 0 Å². The van der Waals surface area contributed by atoms with Gasteiger partial charge in [-0.05, 0) is 6.08 Å². The molecule has 7 nitrogen and oxygen atoms in total. The molecule has 0 radical (unpaired) electrons. The second kappa shape index (κ2) is 4.13. The van der Waals surface area contributed by atoms with Gasteiger partial charge in [0.05, 0.1) is 12.7 Å². The van der Waals surface area contributed by atoms with Crippen LogP contribution >= 0.6 is 0 Å². The molecule has 0 aromatic carbocycles. The quantitative estimate of drug-likeness (QED) is 0.320. The van der Waals surface area contributed by atoms with Crippen molar-refractivity contribution in [3.05, 3.63) is 12.2 Å². The standard InChI is InChI=1S/C5H10N2O5S/c8-4-1-2-5(12-3-4)6-13(10,11)7-9/h1-2,4-9H,3H2/t4-,5?/m0/s1. The predicted molar refractivity (Wildman–Crippen MR) is 41.9 cm³/mol. The highest BCUT2D eigenvalue weighted by Gasteiger charge is 2.18. The Morgan fingerprint density at radius 3 is 2.62 bits per heavy atom. The van der Waals surface area contributed by atoms with Gasteiger partial charge in [0.25, 0.3) is 0 Å². The number of ether oxygens (including phenoxy) is 1. The molecule has 13 heavy (non-hydrogen) atoms. The molecule has 0 aromatic rings. The molecule has 1 aliphatic rings. The fourth-order valence-electron chi connectivity index (χ4n) is 0.795. The maximum Gasteiger partial charge on any atom is 0.301 e. The normalized spacial score (nSPS) is 29.1. The van der Waals surface area contributed by atoms with E-state index in [1.165, 1.54) is 12.2 Å². The minimum absolute atomic E-state index is 0.00904. The van der Waals surface area contributed by atoms with E-state index < -0.39 is 22.5 Å². The minimum atomic E-state index is -3.94. The fraction of sp³-hybridized carbons (Fsp3) is 0.600. The van der Waals surface area contributed by atoms with Crippen LogP contribution in [0.2, 0.25) is 0 Å². The summed E-state index contributed by atoms with van der Waals surface area (Å²) >= 11 is 0. The summed E-state index contributed by atoms with van der Waals surface area (Å²) in [6.45, 7) is 0.00904. The first-order valence-electron chi connectivity index (χ1n) is 3.44. The van der Waals surface area contributed by atoms with Gasteiger partial charge in [-0.15, -0.1) is 0 Å². The summed E-state index contributed by atoms with van der Waals surface area (Å²) in [5.74, 6) is 0. The van der Waals surface area contributed by atoms with Gasteiger partial charge in [-0.1, -0.05) is 11.0 Å². The number of hydrogen-bond acceptors (Lipinski definition) is 5. The van der Waals surface area contributed by atoms with Crippen molar-refractivity contribution in [1.82, 2.24) is 9.61 Å². The number of aliphatic hydroxyl groups is 1. The van der Waals surface area contributed by atoms with Crippen molar-refractivity contribution in [2.24, 2.45) is 0 Å². The van der Waals surface area contributed by atoms with Gasteiger partial charge in [-0.25, -0.2) is 0 Å². The maximum absolute atomic E-state index is 10.7. The van der Waals surface area contributed by atoms with Crippen LogP contribution in [0.15, 0.2) is 12.2 Å². The minimum Gasteiger partial charge on any atom is -0.387 e. The maximum atomic E-state index is 10.7. The van der Waals surface area contributed by atoms with Crippen LogP contribution < -0.4 is 9.61 Å². The Kier molecular flexibility index (Phi) is 3.36. The second-order valence-electron chi connectivity index (χ2n) is 2.42. The van der Waals surface area contributed by atoms with E-state index in [0.29, 0.717) is 0 Å². The van der Waals surface area contributed by atoms with Crippen molar-refractivity contribution in [2.45, 2.75) is 12.3 Å². The van der Waals surface area contributed by atoms with Gasteiger partial charge in [0.15, 0.2) is 0 Å². The lowest BCUT2D eigenvalue weighted by molar-refractivity contribution is 0.0101. The highest BCUT2D eigenvalue weighted by atomic mass is 32.2. The lowest BCUT2D eigenvalue weighted by atomic mass is 10.3. The molecule has 4 N–H and O–H groups in total. The van der Waals surface area contributed by atoms with Crippen molar-refractivity contribution in [2.75, 3.05) is 6.61 Å². The summed E-state index contributed by atoms with van der Waals surface area (Å²) in [7, 11) is -3.94. The average molecular weight is 210 g/mol. The van der Waals surface area contributed by atoms with E-state index in [1.54, 1.807) is 0 Å². The van der Waals surface area contributed by atoms with Crippen LogP contribution in [0.25, 0.3) is 0 Å². The largest absolute Gasteiger partial charge is 0.387 e. The Morgan fingerprint density at radius 1 is 1.46 bits per heavy atom. The molecule has 8 heteroatoms. The molecule has 76 valence electrons. The van der Waals surface area contributed by atoms with Gasteiger partial charge in [-0.2, -0.15) is 13.1 Å². The number of aliphatic hydroxyl groups excluding tert-OH is 1. The zero-order chi connectivity index (χ0) is 9.90. The van der Waals surface area contributed by atoms with Crippen LogP contribution in [-0.2, 0) is 14.9 Å². The first-order valence-corrected chi connectivity index (χ1v) is 4.93. The molecule has 1 rings (SSSR count). The van der Waals surface area contributed by atoms with E-state index in [9.17, 15) is 8.42 Å². The van der Waals surface area contributed by atoms with Gasteiger partial charge in [0, 0.05) is 0 Å². The topological polar surface area (TPSA) is 108 Å². The van der Waals surface area contributed by atoms with E-state index in [2.05, 4.69) is 0 Å². The summed E-state index contributed by atoms with van der Waals surface area (Å²) in [6.07, 6.45) is 1.15. The molecule has 0 aliphatic carbocycles. The van der Waals surface area contributed by atoms with E-state index in [4.69, 9.17) is 15.1 Å². The third-order valence-electron chi connectivity index (χ3n) is 1.35. The van der Waals surface area contributed by atoms with Crippen molar-refractivity contribution >= 4 is 10.2 Å². The van der Waals surface area contributed by atoms with Crippen LogP contribution in [0.4, 0.5) is 0 Å². The fourth-order valence-corrected chi connectivity index (χ4v) is 1.30. The molecule has 0 saturated carbocycles. The van der Waals surface area contributed by atoms with Crippen molar-refractivity contribution in [3.8, 4) is 0 Å². The molecular formula is C5H10N2O5S. The second-order valence-corrected chi connectivity index (χ2v) is 3.84. The SMILES string of the molecule is O=S(=O)(NO)NC1C=C[C@H](O)CO1. The van der Waals surface area contributed by atoms with Crippen molar-refractivity contribution in [1.29, 1.82) is 0 Å². The summed E-state index contributed by atoms with van der Waals surface area (Å²) in [5.41, 5.74) is 0. The van der Waals surface area contributed by atoms with Gasteiger partial charge in [-0.3, -0.25) is 0 Å². The summed E-state index contributed by atoms with van der Waals surface area (Å²) < 4.78 is 28.2. The monoisotopic (exact) mass is 210 g/mol. The highest BCUT2D eigenvalue weighted by molar-refractivity contribution is 7.87. The van der Waals surface area contributed by atoms with Crippen LogP contribution in [-0.4, -0.2) is 37.7 Å². The molecule has 0 saturated heterocycles. The molecule has 1 unspecified atom stereocenters. The molecule has 1 aliphatic heterocycles. The molecule has 0 spiro atoms. The van der Waals surface area contributed by atoms with E-state index in [1.807, 2.05) is 4.72 Å². The summed E-state index contributed by atoms with van der Waals surface area (Å²) in [5, 5.41) is 17.1. The third-order valence-corrected chi connectivity index (χ3v) is 2.13. The van der Waals surface area contributed by atoms with Crippen LogP contribution in [0.1, 0.15) is 0 Å². The van der Waals surface area contributed by atoms with E-state index >= 15 is 0 Å². The Bertz CT molecular complexity index is 287. The van der Waals surface area contributed by atoms with Crippen LogP contribution in [0, 0.1) is 0 Å². The highest BCUT2D eigenvalue weighted by Crippen LogP contribution is 2.02. The summed E-state index contributed by atoms with van der Waals surface area (Å²) in [6, 6.07) is 0. The molecule has 1 heterocycles. The van der Waals surface area contributed by atoms with Gasteiger partial charge in [0.1, 0.15) is 6.23 Å². The first kappa shape index (κ1) is 10.6. The Labute approximate surface area is 75.2 Å². The molecule has 2 atom stereocenters. The first-order chi connectivity index (χ1) is 6.03. The average Bonchev–Trinajstić information content (AvgIpc) is 2.09. The molecular weight excluding hydrogens is 200 g/mol. The van der Waals surface area contributed by atoms with Gasteiger partial charge in [0.2, 0.25) is 0 Å². The lowest BCUT2D eigenvalue weighted by Crippen LogP contribution is -2.44. The Morgan fingerprint density at radius 2 is 2.15 bits per heavy atom. The van der Waals surface area contributed by atoms with Crippen LogP contribution in [0.3, 0.4) is 0 Å². The van der Waals surface area contributed by atoms with Crippen molar-refractivity contribution in [3.63, 3.8) is 0 Å².